The van der Waals surface area contributed by atoms with Crippen molar-refractivity contribution in [2.24, 2.45) is 5.92 Å². The molecule has 118 valence electrons. The third-order valence-electron chi connectivity index (χ3n) is 5.11. The van der Waals surface area contributed by atoms with Gasteiger partial charge in [0, 0.05) is 6.04 Å². The Morgan fingerprint density at radius 2 is 1.71 bits per heavy atom. The van der Waals surface area contributed by atoms with Gasteiger partial charge in [-0.25, -0.2) is 0 Å². The average Bonchev–Trinajstić information content (AvgIpc) is 2.54. The summed E-state index contributed by atoms with van der Waals surface area (Å²) in [6.07, 6.45) is 9.61. The lowest BCUT2D eigenvalue weighted by atomic mass is 9.83. The van der Waals surface area contributed by atoms with E-state index in [0.29, 0.717) is 12.0 Å². The van der Waals surface area contributed by atoms with Gasteiger partial charge in [0.25, 0.3) is 0 Å². The van der Waals surface area contributed by atoms with Crippen molar-refractivity contribution in [3.8, 4) is 0 Å². The summed E-state index contributed by atoms with van der Waals surface area (Å²) in [4.78, 5) is 0. The molecule has 1 N–H and O–H groups in total. The normalized spacial score (nSPS) is 19.4. The highest BCUT2D eigenvalue weighted by Gasteiger charge is 2.19. The molecule has 1 nitrogen and oxygen atoms in total. The molecule has 0 spiro atoms. The van der Waals surface area contributed by atoms with E-state index in [1.807, 2.05) is 0 Å². The van der Waals surface area contributed by atoms with Crippen molar-refractivity contribution in [3.05, 3.63) is 35.4 Å². The molecule has 0 radical (unpaired) electrons. The molecule has 0 saturated heterocycles. The van der Waals surface area contributed by atoms with Gasteiger partial charge in [0.15, 0.2) is 0 Å². The van der Waals surface area contributed by atoms with Gasteiger partial charge >= 0.3 is 0 Å². The number of hydrogen-bond acceptors (Lipinski definition) is 1. The molecule has 1 aromatic carbocycles. The van der Waals surface area contributed by atoms with Crippen LogP contribution in [0.5, 0.6) is 0 Å². The van der Waals surface area contributed by atoms with Gasteiger partial charge in [-0.1, -0.05) is 70.7 Å². The maximum atomic E-state index is 3.68. The average molecular weight is 287 g/mol. The Balaban J connectivity index is 2.07. The van der Waals surface area contributed by atoms with Crippen molar-refractivity contribution in [2.75, 3.05) is 6.54 Å². The lowest BCUT2D eigenvalue weighted by molar-refractivity contribution is 0.369. The smallest absolute Gasteiger partial charge is 0.0345 e. The van der Waals surface area contributed by atoms with Crippen LogP contribution in [0.1, 0.15) is 88.8 Å². The van der Waals surface area contributed by atoms with Crippen LogP contribution < -0.4 is 5.32 Å². The Labute approximate surface area is 131 Å². The van der Waals surface area contributed by atoms with E-state index in [2.05, 4.69) is 50.4 Å². The van der Waals surface area contributed by atoms with Crippen LogP contribution in [-0.2, 0) is 0 Å². The molecule has 1 aliphatic carbocycles. The molecule has 2 rings (SSSR count). The topological polar surface area (TPSA) is 12.0 Å². The highest BCUT2D eigenvalue weighted by Crippen LogP contribution is 2.34. The first-order chi connectivity index (χ1) is 10.3. The van der Waals surface area contributed by atoms with Crippen molar-refractivity contribution in [2.45, 2.75) is 77.7 Å². The number of hydrogen-bond donors (Lipinski definition) is 1. The zero-order valence-electron chi connectivity index (χ0n) is 14.2. The van der Waals surface area contributed by atoms with Crippen LogP contribution in [0.2, 0.25) is 0 Å². The molecule has 0 amide bonds. The van der Waals surface area contributed by atoms with Crippen LogP contribution in [0, 0.1) is 5.92 Å². The van der Waals surface area contributed by atoms with Crippen LogP contribution in [0.3, 0.4) is 0 Å². The second-order valence-corrected chi connectivity index (χ2v) is 6.80. The molecule has 1 heteroatoms. The molecule has 1 fully saturated rings. The maximum absolute atomic E-state index is 3.68. The van der Waals surface area contributed by atoms with Crippen molar-refractivity contribution in [3.63, 3.8) is 0 Å². The van der Waals surface area contributed by atoms with Gasteiger partial charge in [0.2, 0.25) is 0 Å². The number of nitrogens with one attached hydrogen (secondary N) is 1. The van der Waals surface area contributed by atoms with E-state index >= 15 is 0 Å². The molecule has 21 heavy (non-hydrogen) atoms. The predicted molar refractivity (Wildman–Crippen MR) is 92.8 cm³/mol. The molecule has 1 saturated carbocycles. The van der Waals surface area contributed by atoms with Crippen molar-refractivity contribution >= 4 is 0 Å². The molecular weight excluding hydrogens is 254 g/mol. The summed E-state index contributed by atoms with van der Waals surface area (Å²) in [5.41, 5.74) is 3.04. The molecule has 0 bridgehead atoms. The first-order valence-electron chi connectivity index (χ1n) is 9.09. The Morgan fingerprint density at radius 3 is 2.29 bits per heavy atom. The summed E-state index contributed by atoms with van der Waals surface area (Å²) in [6.45, 7) is 7.92. The van der Waals surface area contributed by atoms with E-state index in [4.69, 9.17) is 0 Å². The van der Waals surface area contributed by atoms with Gasteiger partial charge in [-0.15, -0.1) is 0 Å². The zero-order valence-corrected chi connectivity index (χ0v) is 14.2. The fourth-order valence-electron chi connectivity index (χ4n) is 3.90. The van der Waals surface area contributed by atoms with Crippen molar-refractivity contribution in [1.82, 2.24) is 5.32 Å². The largest absolute Gasteiger partial charge is 0.310 e. The summed E-state index contributed by atoms with van der Waals surface area (Å²) >= 11 is 0. The molecule has 0 aromatic heterocycles. The van der Waals surface area contributed by atoms with E-state index in [1.165, 1.54) is 50.5 Å². The SMILES string of the molecule is CCCC(C)C(NCC)c1ccc(C2CCCCC2)cc1. The van der Waals surface area contributed by atoms with Crippen LogP contribution in [-0.4, -0.2) is 6.54 Å². The highest BCUT2D eigenvalue weighted by molar-refractivity contribution is 5.28. The van der Waals surface area contributed by atoms with Crippen LogP contribution in [0.25, 0.3) is 0 Å². The van der Waals surface area contributed by atoms with Crippen LogP contribution in [0.4, 0.5) is 0 Å². The van der Waals surface area contributed by atoms with Gasteiger partial charge < -0.3 is 5.32 Å². The fourth-order valence-corrected chi connectivity index (χ4v) is 3.90. The molecule has 2 atom stereocenters. The molecule has 1 aromatic rings. The summed E-state index contributed by atoms with van der Waals surface area (Å²) in [7, 11) is 0. The highest BCUT2D eigenvalue weighted by atomic mass is 14.9. The van der Waals surface area contributed by atoms with E-state index in [9.17, 15) is 0 Å². The summed E-state index contributed by atoms with van der Waals surface area (Å²) < 4.78 is 0. The minimum atomic E-state index is 0.510. The monoisotopic (exact) mass is 287 g/mol. The van der Waals surface area contributed by atoms with Crippen molar-refractivity contribution < 1.29 is 0 Å². The van der Waals surface area contributed by atoms with Gasteiger partial charge in [-0.05, 0) is 48.8 Å². The predicted octanol–water partition coefficient (Wildman–Crippen LogP) is 5.82. The Kier molecular flexibility index (Phi) is 6.76. The third kappa shape index (κ3) is 4.57. The Bertz CT molecular complexity index is 389. The molecule has 2 unspecified atom stereocenters. The maximum Gasteiger partial charge on any atom is 0.0345 e. The summed E-state index contributed by atoms with van der Waals surface area (Å²) in [6, 6.07) is 10.1. The quantitative estimate of drug-likeness (QED) is 0.666. The molecule has 1 aliphatic rings. The third-order valence-corrected chi connectivity index (χ3v) is 5.11. The van der Waals surface area contributed by atoms with Crippen LogP contribution in [0.15, 0.2) is 24.3 Å². The molecular formula is C20H33N. The van der Waals surface area contributed by atoms with Crippen LogP contribution >= 0.6 is 0 Å². The van der Waals surface area contributed by atoms with E-state index in [-0.39, 0.29) is 0 Å². The van der Waals surface area contributed by atoms with Gasteiger partial charge in [-0.2, -0.15) is 0 Å². The first-order valence-corrected chi connectivity index (χ1v) is 9.09. The van der Waals surface area contributed by atoms with E-state index in [0.717, 1.165) is 12.5 Å². The van der Waals surface area contributed by atoms with E-state index < -0.39 is 0 Å². The number of benzene rings is 1. The second-order valence-electron chi connectivity index (χ2n) is 6.80. The zero-order chi connectivity index (χ0) is 15.1. The molecule has 0 aliphatic heterocycles. The molecule has 0 heterocycles. The first kappa shape index (κ1) is 16.5. The Morgan fingerprint density at radius 1 is 1.05 bits per heavy atom. The minimum Gasteiger partial charge on any atom is -0.310 e. The minimum absolute atomic E-state index is 0.510. The summed E-state index contributed by atoms with van der Waals surface area (Å²) in [5, 5.41) is 3.68. The lowest BCUT2D eigenvalue weighted by Gasteiger charge is -2.26. The fraction of sp³-hybridized carbons (Fsp3) is 0.700. The van der Waals surface area contributed by atoms with Gasteiger partial charge in [-0.3, -0.25) is 0 Å². The van der Waals surface area contributed by atoms with Gasteiger partial charge in [0.1, 0.15) is 0 Å². The number of rotatable bonds is 7. The van der Waals surface area contributed by atoms with E-state index in [1.54, 1.807) is 5.56 Å². The van der Waals surface area contributed by atoms with Crippen molar-refractivity contribution in [1.29, 1.82) is 0 Å². The van der Waals surface area contributed by atoms with Gasteiger partial charge in [0.05, 0.1) is 0 Å². The second kappa shape index (κ2) is 8.58. The summed E-state index contributed by atoms with van der Waals surface area (Å²) in [5.74, 6) is 1.52. The lowest BCUT2D eigenvalue weighted by Crippen LogP contribution is -2.26. The standard InChI is InChI=1S/C20H33N/c1-4-9-16(3)20(21-5-2)19-14-12-18(13-15-19)17-10-7-6-8-11-17/h12-17,20-21H,4-11H2,1-3H3. The Hall–Kier alpha value is -0.820.